The molecule has 1 amide bonds. The quantitative estimate of drug-likeness (QED) is 0.675. The van der Waals surface area contributed by atoms with Crippen LogP contribution in [0.2, 0.25) is 0 Å². The zero-order valence-electron chi connectivity index (χ0n) is 17.7. The molecule has 4 rings (SSSR count). The summed E-state index contributed by atoms with van der Waals surface area (Å²) in [5.74, 6) is 0.472. The molecule has 0 heterocycles. The van der Waals surface area contributed by atoms with Crippen LogP contribution in [0.15, 0.2) is 35.9 Å². The van der Waals surface area contributed by atoms with Gasteiger partial charge >= 0.3 is 5.97 Å². The number of rotatable bonds is 7. The highest BCUT2D eigenvalue weighted by Crippen LogP contribution is 2.60. The number of fused-ring (bicyclic) bond motifs is 5. The molecule has 2 bridgehead atoms. The SMILES string of the molecule is CSC[C@H](NC(=O)C1=C(c2ccccc2)C(=O)[C@@H]2[C@H]3CC[C@H](C3)[C@H]12)C(=O)OC(C)C. The summed E-state index contributed by atoms with van der Waals surface area (Å²) in [5.41, 5.74) is 1.94. The molecule has 3 aliphatic rings. The van der Waals surface area contributed by atoms with Crippen LogP contribution in [-0.4, -0.2) is 41.8 Å². The zero-order valence-corrected chi connectivity index (χ0v) is 18.5. The number of carbonyl (C=O) groups is 3. The van der Waals surface area contributed by atoms with Crippen LogP contribution in [0.4, 0.5) is 0 Å². The molecule has 2 fully saturated rings. The van der Waals surface area contributed by atoms with Crippen LogP contribution in [0.5, 0.6) is 0 Å². The van der Waals surface area contributed by atoms with E-state index >= 15 is 0 Å². The predicted octanol–water partition coefficient (Wildman–Crippen LogP) is 3.48. The second-order valence-electron chi connectivity index (χ2n) is 8.87. The van der Waals surface area contributed by atoms with Crippen molar-refractivity contribution in [3.8, 4) is 0 Å². The summed E-state index contributed by atoms with van der Waals surface area (Å²) >= 11 is 1.48. The third kappa shape index (κ3) is 3.70. The summed E-state index contributed by atoms with van der Waals surface area (Å²) in [4.78, 5) is 39.5. The van der Waals surface area contributed by atoms with Gasteiger partial charge in [-0.25, -0.2) is 4.79 Å². The van der Waals surface area contributed by atoms with Crippen molar-refractivity contribution in [1.29, 1.82) is 0 Å². The van der Waals surface area contributed by atoms with E-state index in [0.717, 1.165) is 24.8 Å². The number of benzene rings is 1. The zero-order chi connectivity index (χ0) is 21.4. The lowest BCUT2D eigenvalue weighted by atomic mass is 9.78. The minimum absolute atomic E-state index is 0.0255. The van der Waals surface area contributed by atoms with Crippen LogP contribution in [0.1, 0.15) is 38.7 Å². The Labute approximate surface area is 182 Å². The first-order valence-electron chi connectivity index (χ1n) is 10.8. The summed E-state index contributed by atoms with van der Waals surface area (Å²) in [7, 11) is 0. The van der Waals surface area contributed by atoms with Gasteiger partial charge in [0.15, 0.2) is 5.78 Å². The van der Waals surface area contributed by atoms with Crippen molar-refractivity contribution in [3.63, 3.8) is 0 Å². The predicted molar refractivity (Wildman–Crippen MR) is 118 cm³/mol. The lowest BCUT2D eigenvalue weighted by molar-refractivity contribution is -0.150. The number of carbonyl (C=O) groups excluding carboxylic acids is 3. The number of allylic oxidation sites excluding steroid dienone is 1. The minimum Gasteiger partial charge on any atom is -0.461 e. The van der Waals surface area contributed by atoms with Gasteiger partial charge in [-0.05, 0) is 56.8 Å². The van der Waals surface area contributed by atoms with Crippen molar-refractivity contribution in [2.24, 2.45) is 23.7 Å². The third-order valence-corrected chi connectivity index (χ3v) is 7.32. The number of ketones is 1. The summed E-state index contributed by atoms with van der Waals surface area (Å²) in [6, 6.07) is 8.76. The van der Waals surface area contributed by atoms with Crippen molar-refractivity contribution in [2.45, 2.75) is 45.3 Å². The number of nitrogens with one attached hydrogen (secondary N) is 1. The van der Waals surface area contributed by atoms with Crippen molar-refractivity contribution < 1.29 is 19.1 Å². The fraction of sp³-hybridized carbons (Fsp3) is 0.542. The minimum atomic E-state index is -0.729. The summed E-state index contributed by atoms with van der Waals surface area (Å²) in [5, 5.41) is 2.91. The Morgan fingerprint density at radius 1 is 1.13 bits per heavy atom. The van der Waals surface area contributed by atoms with Gasteiger partial charge in [0, 0.05) is 28.7 Å². The topological polar surface area (TPSA) is 72.5 Å². The number of hydrogen-bond donors (Lipinski definition) is 1. The molecular formula is C24H29NO4S. The van der Waals surface area contributed by atoms with E-state index in [1.54, 1.807) is 13.8 Å². The first-order chi connectivity index (χ1) is 14.4. The van der Waals surface area contributed by atoms with Gasteiger partial charge < -0.3 is 10.1 Å². The van der Waals surface area contributed by atoms with Crippen molar-refractivity contribution in [3.05, 3.63) is 41.5 Å². The molecule has 5 nitrogen and oxygen atoms in total. The number of ether oxygens (including phenoxy) is 1. The van der Waals surface area contributed by atoms with E-state index in [1.165, 1.54) is 11.8 Å². The van der Waals surface area contributed by atoms with Crippen molar-refractivity contribution in [1.82, 2.24) is 5.32 Å². The highest BCUT2D eigenvalue weighted by atomic mass is 32.2. The molecule has 0 aromatic heterocycles. The molecule has 5 atom stereocenters. The molecule has 0 saturated heterocycles. The van der Waals surface area contributed by atoms with Crippen LogP contribution in [0.3, 0.4) is 0 Å². The van der Waals surface area contributed by atoms with Crippen molar-refractivity contribution in [2.75, 3.05) is 12.0 Å². The lowest BCUT2D eigenvalue weighted by Crippen LogP contribution is -2.45. The second-order valence-corrected chi connectivity index (χ2v) is 9.78. The molecule has 1 N–H and O–H groups in total. The summed E-state index contributed by atoms with van der Waals surface area (Å²) < 4.78 is 5.35. The Morgan fingerprint density at radius 2 is 1.80 bits per heavy atom. The van der Waals surface area contributed by atoms with Gasteiger partial charge in [-0.1, -0.05) is 30.3 Å². The lowest BCUT2D eigenvalue weighted by Gasteiger charge is -2.26. The molecule has 1 aromatic rings. The van der Waals surface area contributed by atoms with Gasteiger partial charge in [0.1, 0.15) is 6.04 Å². The van der Waals surface area contributed by atoms with Crippen LogP contribution >= 0.6 is 11.8 Å². The molecule has 0 spiro atoms. The van der Waals surface area contributed by atoms with E-state index < -0.39 is 12.0 Å². The maximum Gasteiger partial charge on any atom is 0.329 e. The average molecular weight is 428 g/mol. The maximum absolute atomic E-state index is 13.5. The van der Waals surface area contributed by atoms with Gasteiger partial charge in [-0.2, -0.15) is 11.8 Å². The van der Waals surface area contributed by atoms with Crippen molar-refractivity contribution >= 4 is 35.0 Å². The molecule has 160 valence electrons. The molecule has 1 aromatic carbocycles. The molecular weight excluding hydrogens is 398 g/mol. The highest BCUT2D eigenvalue weighted by molar-refractivity contribution is 7.98. The first kappa shape index (κ1) is 21.2. The standard InChI is InChI=1S/C24H29NO4S/c1-13(2)29-24(28)17(12-30-3)25-23(27)21-18-15-9-10-16(11-15)20(18)22(26)19(21)14-7-5-4-6-8-14/h4-8,13,15-18,20H,9-12H2,1-3H3,(H,25,27)/t15-,16+,17+,18+,20-/m1/s1. The number of hydrogen-bond acceptors (Lipinski definition) is 5. The van der Waals surface area contributed by atoms with Gasteiger partial charge in [0.2, 0.25) is 5.91 Å². The van der Waals surface area contributed by atoms with Crippen LogP contribution < -0.4 is 5.32 Å². The van der Waals surface area contributed by atoms with E-state index in [4.69, 9.17) is 4.74 Å². The Kier molecular flexibility index (Phi) is 6.05. The molecule has 3 aliphatic carbocycles. The molecule has 0 radical (unpaired) electrons. The number of amides is 1. The first-order valence-corrected chi connectivity index (χ1v) is 12.2. The Hall–Kier alpha value is -2.08. The molecule has 30 heavy (non-hydrogen) atoms. The fourth-order valence-corrected chi connectivity index (χ4v) is 6.16. The van der Waals surface area contributed by atoms with E-state index in [2.05, 4.69) is 5.32 Å². The largest absolute Gasteiger partial charge is 0.461 e. The van der Waals surface area contributed by atoms with Crippen LogP contribution in [0, 0.1) is 23.7 Å². The van der Waals surface area contributed by atoms with Gasteiger partial charge in [-0.15, -0.1) is 0 Å². The molecule has 0 aliphatic heterocycles. The maximum atomic E-state index is 13.5. The number of Topliss-reactive ketones (excluding diaryl/α,β-unsaturated/α-hetero) is 1. The fourth-order valence-electron chi connectivity index (χ4n) is 5.60. The molecule has 2 saturated carbocycles. The summed E-state index contributed by atoms with van der Waals surface area (Å²) in [6.45, 7) is 3.59. The highest BCUT2D eigenvalue weighted by Gasteiger charge is 2.58. The van der Waals surface area contributed by atoms with E-state index in [1.807, 2.05) is 36.6 Å². The van der Waals surface area contributed by atoms with Gasteiger partial charge in [0.25, 0.3) is 0 Å². The van der Waals surface area contributed by atoms with E-state index in [0.29, 0.717) is 28.7 Å². The number of thioether (sulfide) groups is 1. The monoisotopic (exact) mass is 427 g/mol. The smallest absolute Gasteiger partial charge is 0.329 e. The van der Waals surface area contributed by atoms with Crippen LogP contribution in [-0.2, 0) is 19.1 Å². The van der Waals surface area contributed by atoms with Crippen LogP contribution in [0.25, 0.3) is 5.57 Å². The summed E-state index contributed by atoms with van der Waals surface area (Å²) in [6.07, 6.45) is 4.82. The van der Waals surface area contributed by atoms with E-state index in [-0.39, 0.29) is 29.6 Å². The van der Waals surface area contributed by atoms with Gasteiger partial charge in [0.05, 0.1) is 6.10 Å². The Morgan fingerprint density at radius 3 is 2.43 bits per heavy atom. The number of esters is 1. The Bertz CT molecular complexity index is 878. The van der Waals surface area contributed by atoms with Gasteiger partial charge in [-0.3, -0.25) is 9.59 Å². The van der Waals surface area contributed by atoms with E-state index in [9.17, 15) is 14.4 Å². The Balaban J connectivity index is 1.69. The normalized spacial score (nSPS) is 28.1. The third-order valence-electron chi connectivity index (χ3n) is 6.65. The molecule has 6 heteroatoms. The average Bonchev–Trinajstić information content (AvgIpc) is 3.40. The second kappa shape index (κ2) is 8.58. The molecule has 0 unspecified atom stereocenters.